The molecule has 2 aromatic rings. The van der Waals surface area contributed by atoms with E-state index in [4.69, 9.17) is 4.74 Å². The van der Waals surface area contributed by atoms with Gasteiger partial charge in [-0.25, -0.2) is 0 Å². The summed E-state index contributed by atoms with van der Waals surface area (Å²) in [6, 6.07) is 14.8. The van der Waals surface area contributed by atoms with Crippen molar-refractivity contribution in [3.05, 3.63) is 48.5 Å². The number of hydrogen-bond donors (Lipinski definition) is 2. The molecule has 1 saturated heterocycles. The summed E-state index contributed by atoms with van der Waals surface area (Å²) in [6.07, 6.45) is 2.30. The third kappa shape index (κ3) is 5.74. The summed E-state index contributed by atoms with van der Waals surface area (Å²) in [7, 11) is 0. The minimum absolute atomic E-state index is 0.0913. The Morgan fingerprint density at radius 1 is 0.893 bits per heavy atom. The van der Waals surface area contributed by atoms with E-state index >= 15 is 0 Å². The van der Waals surface area contributed by atoms with Crippen LogP contribution >= 0.6 is 0 Å². The van der Waals surface area contributed by atoms with Crippen molar-refractivity contribution in [1.82, 2.24) is 0 Å². The topological polar surface area (TPSA) is 70.7 Å². The minimum Gasteiger partial charge on any atom is -0.491 e. The van der Waals surface area contributed by atoms with Gasteiger partial charge in [0.25, 0.3) is 0 Å². The van der Waals surface area contributed by atoms with Crippen molar-refractivity contribution in [3.8, 4) is 5.75 Å². The van der Waals surface area contributed by atoms with Crippen molar-refractivity contribution in [2.24, 2.45) is 0 Å². The van der Waals surface area contributed by atoms with Gasteiger partial charge in [-0.2, -0.15) is 0 Å². The Bertz CT molecular complexity index is 795. The number of ether oxygens (including phenoxy) is 1. The van der Waals surface area contributed by atoms with Crippen LogP contribution in [0.1, 0.15) is 33.1 Å². The van der Waals surface area contributed by atoms with Crippen LogP contribution in [0.2, 0.25) is 0 Å². The molecule has 6 nitrogen and oxygen atoms in total. The molecule has 0 saturated carbocycles. The second-order valence-corrected chi connectivity index (χ2v) is 7.21. The molecule has 6 heteroatoms. The predicted molar refractivity (Wildman–Crippen MR) is 112 cm³/mol. The molecule has 0 spiro atoms. The molecule has 3 rings (SSSR count). The summed E-state index contributed by atoms with van der Waals surface area (Å²) in [6.45, 7) is 6.06. The zero-order chi connectivity index (χ0) is 19.9. The second kappa shape index (κ2) is 9.26. The van der Waals surface area contributed by atoms with Crippen molar-refractivity contribution in [2.45, 2.75) is 39.2 Å². The molecule has 28 heavy (non-hydrogen) atoms. The molecule has 1 aliphatic heterocycles. The van der Waals surface area contributed by atoms with E-state index < -0.39 is 0 Å². The summed E-state index contributed by atoms with van der Waals surface area (Å²) in [5.74, 6) is 0.0398. The largest absolute Gasteiger partial charge is 0.491 e. The van der Waals surface area contributed by atoms with Crippen LogP contribution in [-0.2, 0) is 9.59 Å². The number of hydrogen-bond acceptors (Lipinski definition) is 4. The highest BCUT2D eigenvalue weighted by Gasteiger charge is 2.13. The van der Waals surface area contributed by atoms with Gasteiger partial charge >= 0.3 is 0 Å². The Balaban J connectivity index is 1.46. The van der Waals surface area contributed by atoms with Crippen LogP contribution < -0.4 is 20.3 Å². The first-order valence-corrected chi connectivity index (χ1v) is 9.71. The first-order chi connectivity index (χ1) is 13.5. The molecule has 0 aromatic heterocycles. The number of anilines is 3. The number of rotatable bonds is 7. The molecular weight excluding hydrogens is 354 g/mol. The van der Waals surface area contributed by atoms with Gasteiger partial charge in [0.2, 0.25) is 11.8 Å². The Labute approximate surface area is 165 Å². The molecule has 1 aliphatic rings. The Hall–Kier alpha value is -3.02. The smallest absolute Gasteiger partial charge is 0.233 e. The number of benzene rings is 2. The van der Waals surface area contributed by atoms with Gasteiger partial charge in [0.15, 0.2) is 0 Å². The van der Waals surface area contributed by atoms with E-state index in [9.17, 15) is 9.59 Å². The number of amides is 2. The number of nitrogens with one attached hydrogen (secondary N) is 2. The van der Waals surface area contributed by atoms with Crippen LogP contribution in [0.15, 0.2) is 48.5 Å². The third-order valence-electron chi connectivity index (χ3n) is 4.45. The van der Waals surface area contributed by atoms with E-state index in [2.05, 4.69) is 15.5 Å². The van der Waals surface area contributed by atoms with Gasteiger partial charge in [-0.15, -0.1) is 0 Å². The lowest BCUT2D eigenvalue weighted by Gasteiger charge is -2.17. The molecule has 2 amide bonds. The summed E-state index contributed by atoms with van der Waals surface area (Å²) in [5.41, 5.74) is 2.48. The van der Waals surface area contributed by atoms with Crippen molar-refractivity contribution < 1.29 is 14.3 Å². The van der Waals surface area contributed by atoms with Gasteiger partial charge in [-0.05, 0) is 75.2 Å². The monoisotopic (exact) mass is 381 g/mol. The van der Waals surface area contributed by atoms with Gasteiger partial charge in [-0.1, -0.05) is 0 Å². The fourth-order valence-corrected chi connectivity index (χ4v) is 3.18. The van der Waals surface area contributed by atoms with E-state index in [-0.39, 0.29) is 24.3 Å². The van der Waals surface area contributed by atoms with Gasteiger partial charge in [0, 0.05) is 30.2 Å². The van der Waals surface area contributed by atoms with Crippen molar-refractivity contribution >= 4 is 28.9 Å². The molecule has 1 fully saturated rings. The normalized spacial score (nSPS) is 13.5. The van der Waals surface area contributed by atoms with Crippen LogP contribution in [0.4, 0.5) is 17.1 Å². The average Bonchev–Trinajstić information content (AvgIpc) is 3.18. The van der Waals surface area contributed by atoms with Gasteiger partial charge in [0.1, 0.15) is 12.2 Å². The molecule has 2 N–H and O–H groups in total. The van der Waals surface area contributed by atoms with Gasteiger partial charge < -0.3 is 20.3 Å². The van der Waals surface area contributed by atoms with E-state index in [1.807, 2.05) is 38.1 Å². The molecular formula is C22H27N3O3. The second-order valence-electron chi connectivity index (χ2n) is 7.21. The maximum atomic E-state index is 12.1. The highest BCUT2D eigenvalue weighted by Crippen LogP contribution is 2.22. The number of carbonyl (C=O) groups excluding carboxylic acids is 2. The van der Waals surface area contributed by atoms with Gasteiger partial charge in [-0.3, -0.25) is 9.59 Å². The first-order valence-electron chi connectivity index (χ1n) is 9.71. The SMILES string of the molecule is CC(C)Oc1ccc(NC(=O)CC(=O)Nc2ccc(N3CCCC3)cc2)cc1. The first kappa shape index (κ1) is 19.7. The zero-order valence-corrected chi connectivity index (χ0v) is 16.4. The average molecular weight is 381 g/mol. The molecule has 0 aliphatic carbocycles. The van der Waals surface area contributed by atoms with Crippen LogP contribution in [0.5, 0.6) is 5.75 Å². The maximum Gasteiger partial charge on any atom is 0.233 e. The molecule has 0 radical (unpaired) electrons. The van der Waals surface area contributed by atoms with Crippen molar-refractivity contribution in [1.29, 1.82) is 0 Å². The molecule has 148 valence electrons. The number of carbonyl (C=O) groups is 2. The standard InChI is InChI=1S/C22H27N3O3/c1-16(2)28-20-11-7-18(8-12-20)24-22(27)15-21(26)23-17-5-9-19(10-6-17)25-13-3-4-14-25/h5-12,16H,3-4,13-15H2,1-2H3,(H,23,26)(H,24,27). The molecule has 0 atom stereocenters. The van der Waals surface area contributed by atoms with E-state index in [1.165, 1.54) is 12.8 Å². The Morgan fingerprint density at radius 2 is 1.39 bits per heavy atom. The summed E-state index contributed by atoms with van der Waals surface area (Å²) in [4.78, 5) is 26.6. The van der Waals surface area contributed by atoms with Crippen LogP contribution in [0, 0.1) is 0 Å². The van der Waals surface area contributed by atoms with Crippen LogP contribution in [-0.4, -0.2) is 31.0 Å². The lowest BCUT2D eigenvalue weighted by atomic mass is 10.2. The molecule has 0 unspecified atom stereocenters. The van der Waals surface area contributed by atoms with Crippen LogP contribution in [0.25, 0.3) is 0 Å². The predicted octanol–water partition coefficient (Wildman–Crippen LogP) is 4.04. The third-order valence-corrected chi connectivity index (χ3v) is 4.45. The zero-order valence-electron chi connectivity index (χ0n) is 16.4. The summed E-state index contributed by atoms with van der Waals surface area (Å²) in [5, 5.41) is 5.49. The lowest BCUT2D eigenvalue weighted by Crippen LogP contribution is -2.21. The van der Waals surface area contributed by atoms with Crippen LogP contribution in [0.3, 0.4) is 0 Å². The van der Waals surface area contributed by atoms with Crippen molar-refractivity contribution in [2.75, 3.05) is 28.6 Å². The molecule has 0 bridgehead atoms. The van der Waals surface area contributed by atoms with E-state index in [1.54, 1.807) is 24.3 Å². The summed E-state index contributed by atoms with van der Waals surface area (Å²) >= 11 is 0. The summed E-state index contributed by atoms with van der Waals surface area (Å²) < 4.78 is 5.57. The molecule has 2 aromatic carbocycles. The van der Waals surface area contributed by atoms with Crippen molar-refractivity contribution in [3.63, 3.8) is 0 Å². The quantitative estimate of drug-likeness (QED) is 0.710. The van der Waals surface area contributed by atoms with E-state index in [0.717, 1.165) is 24.5 Å². The Morgan fingerprint density at radius 3 is 1.89 bits per heavy atom. The van der Waals surface area contributed by atoms with E-state index in [0.29, 0.717) is 11.4 Å². The molecule has 1 heterocycles. The van der Waals surface area contributed by atoms with Gasteiger partial charge in [0.05, 0.1) is 6.10 Å². The Kier molecular flexibility index (Phi) is 6.53. The highest BCUT2D eigenvalue weighted by atomic mass is 16.5. The fraction of sp³-hybridized carbons (Fsp3) is 0.364. The fourth-order valence-electron chi connectivity index (χ4n) is 3.18. The lowest BCUT2D eigenvalue weighted by molar-refractivity contribution is -0.123. The maximum absolute atomic E-state index is 12.1. The minimum atomic E-state index is -0.358. The highest BCUT2D eigenvalue weighted by molar-refractivity contribution is 6.08. The number of nitrogens with zero attached hydrogens (tertiary/aromatic N) is 1.